The average Bonchev–Trinajstić information content (AvgIpc) is 3.26. The number of hydrogen-bond donors (Lipinski definition) is 0. The summed E-state index contributed by atoms with van der Waals surface area (Å²) in [6, 6.07) is 51.1. The molecular formula is C61H64BN3O. The van der Waals surface area contributed by atoms with Gasteiger partial charge >= 0.3 is 6.85 Å². The second-order valence-corrected chi connectivity index (χ2v) is 24.0. The molecule has 0 saturated heterocycles. The number of rotatable bonds is 2. The van der Waals surface area contributed by atoms with Gasteiger partial charge in [0.25, 0.3) is 0 Å². The molecule has 0 fully saturated rings. The van der Waals surface area contributed by atoms with Crippen molar-refractivity contribution in [2.75, 3.05) is 14.6 Å². The van der Waals surface area contributed by atoms with Gasteiger partial charge in [0.15, 0.2) is 5.75 Å². The lowest BCUT2D eigenvalue weighted by Crippen LogP contribution is -2.62. The fourth-order valence-corrected chi connectivity index (χ4v) is 11.1. The smallest absolute Gasteiger partial charge is 0.333 e. The van der Waals surface area contributed by atoms with Gasteiger partial charge < -0.3 is 19.3 Å². The predicted molar refractivity (Wildman–Crippen MR) is 282 cm³/mol. The van der Waals surface area contributed by atoms with Gasteiger partial charge in [-0.15, -0.1) is 0 Å². The summed E-state index contributed by atoms with van der Waals surface area (Å²) in [5.41, 5.74) is 21.5. The van der Waals surface area contributed by atoms with E-state index in [-0.39, 0.29) is 33.9 Å². The zero-order valence-electron chi connectivity index (χ0n) is 41.5. The average molecular weight is 866 g/mol. The first-order valence-electron chi connectivity index (χ1n) is 24.1. The number of nitrogens with zero attached hydrogens (tertiary/aromatic N) is 3. The molecule has 0 aromatic heterocycles. The Balaban J connectivity index is 1.31. The predicted octanol–water partition coefficient (Wildman–Crippen LogP) is 15.8. The fraction of sp³-hybridized carbons (Fsp3) is 0.311. The van der Waals surface area contributed by atoms with E-state index in [9.17, 15) is 0 Å². The molecule has 0 saturated carbocycles. The van der Waals surface area contributed by atoms with E-state index in [1.165, 1.54) is 78.2 Å². The van der Waals surface area contributed by atoms with Crippen LogP contribution >= 0.6 is 0 Å². The van der Waals surface area contributed by atoms with E-state index in [1.54, 1.807) is 0 Å². The lowest BCUT2D eigenvalue weighted by molar-refractivity contribution is 0.472. The molecule has 4 heterocycles. The third kappa shape index (κ3) is 6.25. The summed E-state index contributed by atoms with van der Waals surface area (Å²) in [6.07, 6.45) is 0. The van der Waals surface area contributed by atoms with Crippen LogP contribution in [0, 0.1) is 0 Å². The van der Waals surface area contributed by atoms with Crippen LogP contribution in [0.2, 0.25) is 0 Å². The van der Waals surface area contributed by atoms with Gasteiger partial charge in [0.1, 0.15) is 5.75 Å². The van der Waals surface area contributed by atoms with Gasteiger partial charge in [-0.3, -0.25) is 0 Å². The van der Waals surface area contributed by atoms with Crippen molar-refractivity contribution in [3.05, 3.63) is 167 Å². The Morgan fingerprint density at radius 2 is 1.02 bits per heavy atom. The van der Waals surface area contributed by atoms with Crippen molar-refractivity contribution in [1.82, 2.24) is 0 Å². The van der Waals surface area contributed by atoms with Gasteiger partial charge in [-0.25, -0.2) is 0 Å². The van der Waals surface area contributed by atoms with Crippen LogP contribution < -0.4 is 30.3 Å². The minimum atomic E-state index is -0.347. The van der Waals surface area contributed by atoms with Gasteiger partial charge in [0.2, 0.25) is 0 Å². The number of para-hydroxylation sites is 2. The first kappa shape index (κ1) is 42.4. The number of hydrogen-bond acceptors (Lipinski definition) is 4. The van der Waals surface area contributed by atoms with Crippen LogP contribution in [0.15, 0.2) is 133 Å². The van der Waals surface area contributed by atoms with Crippen LogP contribution in [0.25, 0.3) is 11.1 Å². The quantitative estimate of drug-likeness (QED) is 0.161. The molecule has 7 aromatic carbocycles. The number of benzene rings is 7. The maximum atomic E-state index is 7.66. The zero-order valence-corrected chi connectivity index (χ0v) is 41.5. The SMILES string of the molecule is CC(C)(C)c1ccc(N2c3cc(C(C)(C)C)ccc3B3c4c(cc(C(C)(C)C)cc42)-c2cc4c(c5c2N3c2ccc(C(C)(C)C)cc2O5)N(c2ccccc2)c2ccccc2C4(C)C)cc1. The summed E-state index contributed by atoms with van der Waals surface area (Å²) in [4.78, 5) is 7.74. The van der Waals surface area contributed by atoms with E-state index in [0.717, 1.165) is 34.2 Å². The van der Waals surface area contributed by atoms with Crippen molar-refractivity contribution >= 4 is 63.3 Å². The first-order valence-corrected chi connectivity index (χ1v) is 24.1. The fourth-order valence-electron chi connectivity index (χ4n) is 11.1. The van der Waals surface area contributed by atoms with E-state index < -0.39 is 0 Å². The number of ether oxygens (including phenoxy) is 1. The van der Waals surface area contributed by atoms with E-state index >= 15 is 0 Å². The van der Waals surface area contributed by atoms with Crippen molar-refractivity contribution < 1.29 is 4.74 Å². The first-order chi connectivity index (χ1) is 31.0. The van der Waals surface area contributed by atoms with Crippen molar-refractivity contribution in [2.24, 2.45) is 0 Å². The Labute approximate surface area is 394 Å². The topological polar surface area (TPSA) is 19.0 Å². The van der Waals surface area contributed by atoms with Gasteiger partial charge in [0.05, 0.1) is 22.7 Å². The molecule has 0 amide bonds. The van der Waals surface area contributed by atoms with Crippen molar-refractivity contribution in [3.8, 4) is 22.6 Å². The molecule has 0 atom stereocenters. The second kappa shape index (κ2) is 13.9. The van der Waals surface area contributed by atoms with E-state index in [0.29, 0.717) is 0 Å². The van der Waals surface area contributed by atoms with Gasteiger partial charge in [-0.1, -0.05) is 170 Å². The lowest BCUT2D eigenvalue weighted by atomic mass is 9.43. The van der Waals surface area contributed by atoms with E-state index in [1.807, 2.05) is 0 Å². The van der Waals surface area contributed by atoms with Crippen molar-refractivity contribution in [2.45, 2.75) is 124 Å². The highest BCUT2D eigenvalue weighted by atomic mass is 16.5. The molecule has 4 aliphatic rings. The Morgan fingerprint density at radius 3 is 1.68 bits per heavy atom. The Hall–Kier alpha value is -6.20. The molecule has 4 nitrogen and oxygen atoms in total. The molecule has 5 heteroatoms. The lowest BCUT2D eigenvalue weighted by Gasteiger charge is -2.50. The molecule has 7 aromatic rings. The normalized spacial score (nSPS) is 15.5. The van der Waals surface area contributed by atoms with Crippen LogP contribution in [0.5, 0.6) is 11.5 Å². The Morgan fingerprint density at radius 1 is 0.439 bits per heavy atom. The van der Waals surface area contributed by atoms with E-state index in [2.05, 4.69) is 245 Å². The minimum Gasteiger partial charge on any atom is -0.451 e. The molecule has 0 bridgehead atoms. The number of fused-ring (bicyclic) bond motifs is 9. The van der Waals surface area contributed by atoms with Crippen molar-refractivity contribution in [1.29, 1.82) is 0 Å². The summed E-state index contributed by atoms with van der Waals surface area (Å²) in [5, 5.41) is 0. The summed E-state index contributed by atoms with van der Waals surface area (Å²) in [5.74, 6) is 1.80. The van der Waals surface area contributed by atoms with Crippen molar-refractivity contribution in [3.63, 3.8) is 0 Å². The van der Waals surface area contributed by atoms with Crippen LogP contribution in [0.1, 0.15) is 130 Å². The molecule has 4 aliphatic heterocycles. The largest absolute Gasteiger partial charge is 0.451 e. The Kier molecular flexibility index (Phi) is 8.95. The summed E-state index contributed by atoms with van der Waals surface area (Å²) < 4.78 is 7.66. The molecule has 11 rings (SSSR count). The van der Waals surface area contributed by atoms with E-state index in [4.69, 9.17) is 4.74 Å². The molecular weight excluding hydrogens is 802 g/mol. The molecule has 0 aliphatic carbocycles. The molecule has 0 unspecified atom stereocenters. The van der Waals surface area contributed by atoms with Crippen LogP contribution in [0.4, 0.5) is 45.5 Å². The summed E-state index contributed by atoms with van der Waals surface area (Å²) >= 11 is 0. The highest BCUT2D eigenvalue weighted by Gasteiger charge is 2.52. The third-order valence-electron chi connectivity index (χ3n) is 15.0. The van der Waals surface area contributed by atoms with Crippen LogP contribution in [0.3, 0.4) is 0 Å². The molecule has 0 spiro atoms. The molecule has 332 valence electrons. The van der Waals surface area contributed by atoms with Gasteiger partial charge in [0, 0.05) is 33.7 Å². The second-order valence-electron chi connectivity index (χ2n) is 24.0. The van der Waals surface area contributed by atoms with Crippen LogP contribution in [-0.2, 0) is 27.1 Å². The summed E-state index contributed by atoms with van der Waals surface area (Å²) in [6.45, 7) is 32.5. The monoisotopic (exact) mass is 866 g/mol. The highest BCUT2D eigenvalue weighted by Crippen LogP contribution is 2.65. The summed E-state index contributed by atoms with van der Waals surface area (Å²) in [7, 11) is 0. The standard InChI is InChI=1S/C61H64BN3O/c1-57(2,3)37-24-28-42(29-25-37)63-50-33-38(58(4,5)6)26-30-47(50)62-53-43(32-40(34-51(53)63)60(10,11)12)44-36-46-55(56-54(44)65(62)49-31-27-39(59(7,8)9)35-52(49)66-56)64(41-20-16-15-17-21-41)48-23-19-18-22-45(48)61(46,13)14/h15-36H,1-14H3. The van der Waals surface area contributed by atoms with Gasteiger partial charge in [-0.05, 0) is 132 Å². The zero-order chi connectivity index (χ0) is 46.6. The minimum absolute atomic E-state index is 0.0374. The maximum absolute atomic E-state index is 7.66. The molecule has 66 heavy (non-hydrogen) atoms. The third-order valence-corrected chi connectivity index (χ3v) is 15.0. The molecule has 0 N–H and O–H groups in total. The van der Waals surface area contributed by atoms with Gasteiger partial charge in [-0.2, -0.15) is 0 Å². The van der Waals surface area contributed by atoms with Crippen LogP contribution in [-0.4, -0.2) is 6.85 Å². The molecule has 0 radical (unpaired) electrons. The Bertz CT molecular complexity index is 3140. The maximum Gasteiger partial charge on any atom is 0.333 e. The highest BCUT2D eigenvalue weighted by molar-refractivity contribution is 6.93. The number of anilines is 8.